The number of carbonyl (C=O) groups excluding carboxylic acids is 1. The van der Waals surface area contributed by atoms with Crippen LogP contribution in [-0.4, -0.2) is 54.4 Å². The van der Waals surface area contributed by atoms with Gasteiger partial charge in [-0.05, 0) is 19.8 Å². The normalized spacial score (nSPS) is 19.6. The van der Waals surface area contributed by atoms with Crippen molar-refractivity contribution in [1.29, 1.82) is 0 Å². The van der Waals surface area contributed by atoms with Gasteiger partial charge in [0.1, 0.15) is 0 Å². The largest absolute Gasteiger partial charge is 0.481 e. The van der Waals surface area contributed by atoms with E-state index in [0.717, 1.165) is 12.8 Å². The van der Waals surface area contributed by atoms with E-state index in [9.17, 15) is 9.59 Å². The number of hydrogen-bond donors (Lipinski definition) is 2. The number of hydrogen-bond acceptors (Lipinski definition) is 3. The smallest absolute Gasteiger partial charge is 0.317 e. The molecule has 18 heavy (non-hydrogen) atoms. The SMILES string of the molecule is CC1COCCN1C(=O)NCCCCCC(=O)O. The average Bonchev–Trinajstić information content (AvgIpc) is 2.33. The van der Waals surface area contributed by atoms with Crippen LogP contribution >= 0.6 is 0 Å². The first-order valence-electron chi connectivity index (χ1n) is 6.45. The van der Waals surface area contributed by atoms with E-state index in [1.54, 1.807) is 4.90 Å². The fourth-order valence-corrected chi connectivity index (χ4v) is 1.90. The Balaban J connectivity index is 2.07. The van der Waals surface area contributed by atoms with Crippen LogP contribution in [0.2, 0.25) is 0 Å². The van der Waals surface area contributed by atoms with Crippen LogP contribution < -0.4 is 5.32 Å². The molecular weight excluding hydrogens is 236 g/mol. The predicted octanol–water partition coefficient (Wildman–Crippen LogP) is 1.06. The highest BCUT2D eigenvalue weighted by molar-refractivity contribution is 5.74. The molecule has 0 aromatic carbocycles. The molecule has 1 fully saturated rings. The summed E-state index contributed by atoms with van der Waals surface area (Å²) in [5.41, 5.74) is 0. The highest BCUT2D eigenvalue weighted by Crippen LogP contribution is 2.06. The molecule has 0 aromatic rings. The Morgan fingerprint density at radius 2 is 2.17 bits per heavy atom. The molecule has 1 unspecified atom stereocenters. The summed E-state index contributed by atoms with van der Waals surface area (Å²) in [4.78, 5) is 23.9. The number of nitrogens with one attached hydrogen (secondary N) is 1. The fourth-order valence-electron chi connectivity index (χ4n) is 1.90. The summed E-state index contributed by atoms with van der Waals surface area (Å²) in [5, 5.41) is 11.3. The summed E-state index contributed by atoms with van der Waals surface area (Å²) in [6.07, 6.45) is 2.51. The number of aliphatic carboxylic acids is 1. The number of morpholine rings is 1. The van der Waals surface area contributed by atoms with Crippen LogP contribution in [0, 0.1) is 0 Å². The molecule has 0 bridgehead atoms. The number of nitrogens with zero attached hydrogens (tertiary/aromatic N) is 1. The minimum Gasteiger partial charge on any atom is -0.481 e. The van der Waals surface area contributed by atoms with Crippen molar-refractivity contribution in [3.05, 3.63) is 0 Å². The molecule has 0 aromatic heterocycles. The summed E-state index contributed by atoms with van der Waals surface area (Å²) in [5.74, 6) is -0.763. The van der Waals surface area contributed by atoms with Crippen LogP contribution in [-0.2, 0) is 9.53 Å². The van der Waals surface area contributed by atoms with Crippen LogP contribution in [0.5, 0.6) is 0 Å². The van der Waals surface area contributed by atoms with Crippen molar-refractivity contribution in [2.24, 2.45) is 0 Å². The van der Waals surface area contributed by atoms with E-state index in [1.807, 2.05) is 6.92 Å². The van der Waals surface area contributed by atoms with Crippen molar-refractivity contribution in [3.8, 4) is 0 Å². The van der Waals surface area contributed by atoms with Gasteiger partial charge in [-0.15, -0.1) is 0 Å². The van der Waals surface area contributed by atoms with E-state index in [1.165, 1.54) is 0 Å². The van der Waals surface area contributed by atoms with Crippen LogP contribution in [0.25, 0.3) is 0 Å². The Kier molecular flexibility index (Phi) is 6.49. The van der Waals surface area contributed by atoms with E-state index in [2.05, 4.69) is 5.32 Å². The number of ether oxygens (including phenoxy) is 1. The molecule has 1 aliphatic rings. The van der Waals surface area contributed by atoms with Gasteiger partial charge in [0.15, 0.2) is 0 Å². The second kappa shape index (κ2) is 7.92. The van der Waals surface area contributed by atoms with E-state index in [0.29, 0.717) is 32.7 Å². The van der Waals surface area contributed by atoms with Gasteiger partial charge in [-0.3, -0.25) is 4.79 Å². The topological polar surface area (TPSA) is 78.9 Å². The summed E-state index contributed by atoms with van der Waals surface area (Å²) >= 11 is 0. The molecule has 1 aliphatic heterocycles. The summed E-state index contributed by atoms with van der Waals surface area (Å²) < 4.78 is 5.26. The summed E-state index contributed by atoms with van der Waals surface area (Å²) in [6, 6.07) is 0.0646. The molecule has 0 radical (unpaired) electrons. The maximum atomic E-state index is 11.8. The van der Waals surface area contributed by atoms with Crippen LogP contribution in [0.4, 0.5) is 4.79 Å². The number of carboxylic acid groups (broad SMARTS) is 1. The lowest BCUT2D eigenvalue weighted by molar-refractivity contribution is -0.137. The standard InChI is InChI=1S/C12H22N2O4/c1-10-9-18-8-7-14(10)12(17)13-6-4-2-3-5-11(15)16/h10H,2-9H2,1H3,(H,13,17)(H,15,16). The van der Waals surface area contributed by atoms with Gasteiger partial charge < -0.3 is 20.1 Å². The summed E-state index contributed by atoms with van der Waals surface area (Å²) in [6.45, 7) is 4.38. The predicted molar refractivity (Wildman–Crippen MR) is 66.5 cm³/mol. The van der Waals surface area contributed by atoms with Crippen molar-refractivity contribution >= 4 is 12.0 Å². The number of rotatable bonds is 6. The molecule has 0 spiro atoms. The maximum Gasteiger partial charge on any atom is 0.317 e. The summed E-state index contributed by atoms with van der Waals surface area (Å²) in [7, 11) is 0. The Hall–Kier alpha value is -1.30. The lowest BCUT2D eigenvalue weighted by atomic mass is 10.2. The lowest BCUT2D eigenvalue weighted by Crippen LogP contribution is -2.51. The number of unbranched alkanes of at least 4 members (excludes halogenated alkanes) is 2. The molecule has 2 amide bonds. The second-order valence-electron chi connectivity index (χ2n) is 4.55. The van der Waals surface area contributed by atoms with Gasteiger partial charge in [-0.25, -0.2) is 4.79 Å². The lowest BCUT2D eigenvalue weighted by Gasteiger charge is -2.33. The zero-order valence-electron chi connectivity index (χ0n) is 10.9. The highest BCUT2D eigenvalue weighted by atomic mass is 16.5. The molecule has 104 valence electrons. The Morgan fingerprint density at radius 1 is 1.39 bits per heavy atom. The van der Waals surface area contributed by atoms with Crippen molar-refractivity contribution in [2.75, 3.05) is 26.3 Å². The molecular formula is C12H22N2O4. The van der Waals surface area contributed by atoms with Crippen molar-refractivity contribution in [3.63, 3.8) is 0 Å². The second-order valence-corrected chi connectivity index (χ2v) is 4.55. The van der Waals surface area contributed by atoms with Gasteiger partial charge in [-0.2, -0.15) is 0 Å². The van der Waals surface area contributed by atoms with Crippen molar-refractivity contribution in [2.45, 2.75) is 38.6 Å². The van der Waals surface area contributed by atoms with Gasteiger partial charge in [0.25, 0.3) is 0 Å². The number of urea groups is 1. The Bertz CT molecular complexity index is 283. The average molecular weight is 258 g/mol. The molecule has 6 nitrogen and oxygen atoms in total. The molecule has 0 aliphatic carbocycles. The quantitative estimate of drug-likeness (QED) is 0.698. The van der Waals surface area contributed by atoms with E-state index in [4.69, 9.17) is 9.84 Å². The first-order valence-corrected chi connectivity index (χ1v) is 6.45. The molecule has 2 N–H and O–H groups in total. The van der Waals surface area contributed by atoms with Crippen LogP contribution in [0.15, 0.2) is 0 Å². The minimum absolute atomic E-state index is 0.0518. The third kappa shape index (κ3) is 5.35. The Labute approximate surface area is 107 Å². The molecule has 0 saturated carbocycles. The van der Waals surface area contributed by atoms with Gasteiger partial charge in [0.05, 0.1) is 19.3 Å². The zero-order chi connectivity index (χ0) is 13.4. The Morgan fingerprint density at radius 3 is 2.83 bits per heavy atom. The number of carbonyl (C=O) groups is 2. The van der Waals surface area contributed by atoms with Crippen molar-refractivity contribution < 1.29 is 19.4 Å². The van der Waals surface area contributed by atoms with Crippen LogP contribution in [0.3, 0.4) is 0 Å². The van der Waals surface area contributed by atoms with Gasteiger partial charge in [0.2, 0.25) is 0 Å². The number of carboxylic acids is 1. The zero-order valence-corrected chi connectivity index (χ0v) is 10.9. The molecule has 1 atom stereocenters. The molecule has 6 heteroatoms. The molecule has 1 saturated heterocycles. The van der Waals surface area contributed by atoms with E-state index in [-0.39, 0.29) is 18.5 Å². The molecule has 1 rings (SSSR count). The third-order valence-corrected chi connectivity index (χ3v) is 2.97. The first kappa shape index (κ1) is 14.8. The third-order valence-electron chi connectivity index (χ3n) is 2.97. The fraction of sp³-hybridized carbons (Fsp3) is 0.833. The number of amides is 2. The first-order chi connectivity index (χ1) is 8.61. The van der Waals surface area contributed by atoms with E-state index >= 15 is 0 Å². The highest BCUT2D eigenvalue weighted by Gasteiger charge is 2.22. The monoisotopic (exact) mass is 258 g/mol. The van der Waals surface area contributed by atoms with Gasteiger partial charge in [-0.1, -0.05) is 6.42 Å². The molecule has 1 heterocycles. The minimum atomic E-state index is -0.763. The van der Waals surface area contributed by atoms with Crippen molar-refractivity contribution in [1.82, 2.24) is 10.2 Å². The van der Waals surface area contributed by atoms with Crippen LogP contribution in [0.1, 0.15) is 32.6 Å². The van der Waals surface area contributed by atoms with E-state index < -0.39 is 5.97 Å². The van der Waals surface area contributed by atoms with Gasteiger partial charge in [0, 0.05) is 19.5 Å². The van der Waals surface area contributed by atoms with Gasteiger partial charge >= 0.3 is 12.0 Å². The maximum absolute atomic E-state index is 11.8.